The zero-order valence-electron chi connectivity index (χ0n) is 18.5. The van der Waals surface area contributed by atoms with Crippen LogP contribution in [0, 0.1) is 0 Å². The molecule has 0 aromatic heterocycles. The van der Waals surface area contributed by atoms with Gasteiger partial charge in [0.1, 0.15) is 17.2 Å². The predicted octanol–water partition coefficient (Wildman–Crippen LogP) is 4.32. The number of benzene rings is 3. The number of hydrogen-bond acceptors (Lipinski definition) is 7. The van der Waals surface area contributed by atoms with Crippen LogP contribution in [0.4, 0.5) is 0 Å². The number of nitrogens with zero attached hydrogens (tertiary/aromatic N) is 2. The van der Waals surface area contributed by atoms with Gasteiger partial charge in [-0.25, -0.2) is 4.79 Å². The molecule has 0 N–H and O–H groups in total. The summed E-state index contributed by atoms with van der Waals surface area (Å²) in [6.07, 6.45) is -0.296. The van der Waals surface area contributed by atoms with E-state index in [9.17, 15) is 9.59 Å². The van der Waals surface area contributed by atoms with Gasteiger partial charge in [-0.3, -0.25) is 4.79 Å². The molecule has 0 heterocycles. The first-order valence-corrected chi connectivity index (χ1v) is 10.2. The van der Waals surface area contributed by atoms with Gasteiger partial charge in [0.15, 0.2) is 11.5 Å². The molecule has 0 fully saturated rings. The van der Waals surface area contributed by atoms with Crippen molar-refractivity contribution in [2.24, 2.45) is 10.2 Å². The van der Waals surface area contributed by atoms with Crippen molar-refractivity contribution in [1.82, 2.24) is 0 Å². The van der Waals surface area contributed by atoms with Gasteiger partial charge in [-0.1, -0.05) is 48.5 Å². The zero-order valence-corrected chi connectivity index (χ0v) is 18.5. The van der Waals surface area contributed by atoms with E-state index in [1.807, 2.05) is 48.5 Å². The maximum Gasteiger partial charge on any atom is 0.354 e. The summed E-state index contributed by atoms with van der Waals surface area (Å²) in [6.45, 7) is 0. The van der Waals surface area contributed by atoms with Crippen LogP contribution in [-0.4, -0.2) is 44.5 Å². The molecule has 3 aromatic carbocycles. The number of rotatable bonds is 7. The van der Waals surface area contributed by atoms with Crippen LogP contribution >= 0.6 is 0 Å². The normalized spacial score (nSPS) is 12.0. The third-order valence-electron chi connectivity index (χ3n) is 5.38. The Labute approximate surface area is 191 Å². The Balaban J connectivity index is 1.71. The van der Waals surface area contributed by atoms with Crippen molar-refractivity contribution >= 4 is 23.2 Å². The fraction of sp³-hybridized carbons (Fsp3) is 0.154. The molecule has 0 atom stereocenters. The highest BCUT2D eigenvalue weighted by atomic mass is 16.5. The second kappa shape index (κ2) is 9.48. The van der Waals surface area contributed by atoms with Crippen molar-refractivity contribution in [3.63, 3.8) is 0 Å². The average molecular weight is 442 g/mol. The van der Waals surface area contributed by atoms with Crippen LogP contribution in [0.5, 0.6) is 11.5 Å². The molecule has 7 heteroatoms. The maximum absolute atomic E-state index is 13.0. The smallest absolute Gasteiger partial charge is 0.354 e. The SMILES string of the molecule is COC(=O)C(CC(=O)c1ccc(OC)cc1OC)=NN=C1c2ccccc2-c2ccccc21. The van der Waals surface area contributed by atoms with Crippen molar-refractivity contribution in [2.75, 3.05) is 21.3 Å². The van der Waals surface area contributed by atoms with Gasteiger partial charge in [-0.05, 0) is 23.3 Å². The molecule has 0 spiro atoms. The van der Waals surface area contributed by atoms with Crippen molar-refractivity contribution < 1.29 is 23.8 Å². The van der Waals surface area contributed by atoms with Crippen LogP contribution in [-0.2, 0) is 9.53 Å². The molecule has 0 bridgehead atoms. The van der Waals surface area contributed by atoms with Crippen LogP contribution in [0.2, 0.25) is 0 Å². The van der Waals surface area contributed by atoms with Gasteiger partial charge in [0.05, 0.1) is 33.3 Å². The Morgan fingerprint density at radius 2 is 1.39 bits per heavy atom. The van der Waals surface area contributed by atoms with Gasteiger partial charge in [-0.15, -0.1) is 10.2 Å². The number of fused-ring (bicyclic) bond motifs is 3. The van der Waals surface area contributed by atoms with Crippen molar-refractivity contribution in [1.29, 1.82) is 0 Å². The highest BCUT2D eigenvalue weighted by Crippen LogP contribution is 2.36. The maximum atomic E-state index is 13.0. The van der Waals surface area contributed by atoms with E-state index in [2.05, 4.69) is 10.2 Å². The molecular formula is C26H22N2O5. The Morgan fingerprint density at radius 1 is 0.788 bits per heavy atom. The van der Waals surface area contributed by atoms with Crippen molar-refractivity contribution in [3.8, 4) is 22.6 Å². The van der Waals surface area contributed by atoms with E-state index in [0.29, 0.717) is 22.8 Å². The number of methoxy groups -OCH3 is 3. The van der Waals surface area contributed by atoms with Crippen LogP contribution in [0.25, 0.3) is 11.1 Å². The number of hydrogen-bond donors (Lipinski definition) is 0. The number of ether oxygens (including phenoxy) is 3. The summed E-state index contributed by atoms with van der Waals surface area (Å²) in [5.41, 5.74) is 4.75. The molecule has 0 saturated carbocycles. The standard InChI is InChI=1S/C26H22N2O5/c1-31-16-12-13-21(24(14-16)32-2)23(29)15-22(26(30)33-3)27-28-25-19-10-6-4-8-17(19)18-9-5-7-11-20(18)25/h4-14H,15H2,1-3H3. The highest BCUT2D eigenvalue weighted by molar-refractivity contribution is 6.41. The second-order valence-corrected chi connectivity index (χ2v) is 7.24. The monoisotopic (exact) mass is 442 g/mol. The van der Waals surface area contributed by atoms with Gasteiger partial charge in [-0.2, -0.15) is 0 Å². The largest absolute Gasteiger partial charge is 0.497 e. The number of Topliss-reactive ketones (excluding diaryl/α,β-unsaturated/α-hetero) is 1. The first kappa shape index (κ1) is 22.0. The lowest BCUT2D eigenvalue weighted by molar-refractivity contribution is -0.132. The first-order chi connectivity index (χ1) is 16.1. The number of esters is 1. The predicted molar refractivity (Wildman–Crippen MR) is 125 cm³/mol. The Bertz CT molecular complexity index is 1250. The van der Waals surface area contributed by atoms with Gasteiger partial charge >= 0.3 is 5.97 Å². The van der Waals surface area contributed by atoms with Crippen LogP contribution in [0.15, 0.2) is 76.9 Å². The summed E-state index contributed by atoms with van der Waals surface area (Å²) in [5, 5.41) is 8.56. The average Bonchev–Trinajstić information content (AvgIpc) is 3.19. The quantitative estimate of drug-likeness (QED) is 0.184. The Hall–Kier alpha value is -4.26. The lowest BCUT2D eigenvalue weighted by Crippen LogP contribution is -2.20. The lowest BCUT2D eigenvalue weighted by atomic mass is 10.0. The molecular weight excluding hydrogens is 420 g/mol. The first-order valence-electron chi connectivity index (χ1n) is 10.2. The van der Waals surface area contributed by atoms with E-state index in [-0.39, 0.29) is 17.9 Å². The van der Waals surface area contributed by atoms with Gasteiger partial charge in [0.25, 0.3) is 0 Å². The molecule has 0 unspecified atom stereocenters. The minimum atomic E-state index is -0.722. The molecule has 0 saturated heterocycles. The van der Waals surface area contributed by atoms with E-state index in [4.69, 9.17) is 14.2 Å². The second-order valence-electron chi connectivity index (χ2n) is 7.24. The lowest BCUT2D eigenvalue weighted by Gasteiger charge is -2.10. The van der Waals surface area contributed by atoms with Gasteiger partial charge in [0, 0.05) is 17.2 Å². The molecule has 3 aromatic rings. The summed E-state index contributed by atoms with van der Waals surface area (Å²) < 4.78 is 15.3. The zero-order chi connectivity index (χ0) is 23.4. The topological polar surface area (TPSA) is 86.6 Å². The fourth-order valence-corrected chi connectivity index (χ4v) is 3.75. The van der Waals surface area contributed by atoms with E-state index >= 15 is 0 Å². The van der Waals surface area contributed by atoms with E-state index in [1.165, 1.54) is 21.3 Å². The van der Waals surface area contributed by atoms with Crippen molar-refractivity contribution in [3.05, 3.63) is 83.4 Å². The van der Waals surface area contributed by atoms with Gasteiger partial charge < -0.3 is 14.2 Å². The van der Waals surface area contributed by atoms with E-state index in [1.54, 1.807) is 18.2 Å². The summed E-state index contributed by atoms with van der Waals surface area (Å²) in [4.78, 5) is 25.4. The Morgan fingerprint density at radius 3 is 1.94 bits per heavy atom. The minimum absolute atomic E-state index is 0.102. The summed E-state index contributed by atoms with van der Waals surface area (Å²) >= 11 is 0. The molecule has 0 radical (unpaired) electrons. The number of carbonyl (C=O) groups excluding carboxylic acids is 2. The minimum Gasteiger partial charge on any atom is -0.497 e. The summed E-state index contributed by atoms with van der Waals surface area (Å²) in [6, 6.07) is 20.5. The third kappa shape index (κ3) is 4.25. The molecule has 166 valence electrons. The third-order valence-corrected chi connectivity index (χ3v) is 5.38. The molecule has 1 aliphatic rings. The molecule has 7 nitrogen and oxygen atoms in total. The highest BCUT2D eigenvalue weighted by Gasteiger charge is 2.25. The van der Waals surface area contributed by atoms with Crippen LogP contribution in [0.1, 0.15) is 27.9 Å². The van der Waals surface area contributed by atoms with Crippen LogP contribution < -0.4 is 9.47 Å². The summed E-state index contributed by atoms with van der Waals surface area (Å²) in [7, 11) is 4.22. The molecule has 1 aliphatic carbocycles. The number of carbonyl (C=O) groups is 2. The van der Waals surface area contributed by atoms with Crippen LogP contribution in [0.3, 0.4) is 0 Å². The molecule has 0 amide bonds. The Kier molecular flexibility index (Phi) is 6.31. The van der Waals surface area contributed by atoms with Crippen molar-refractivity contribution in [2.45, 2.75) is 6.42 Å². The molecule has 0 aliphatic heterocycles. The van der Waals surface area contributed by atoms with Gasteiger partial charge in [0.2, 0.25) is 0 Å². The van der Waals surface area contributed by atoms with E-state index in [0.717, 1.165) is 22.3 Å². The fourth-order valence-electron chi connectivity index (χ4n) is 3.75. The number of ketones is 1. The molecule has 33 heavy (non-hydrogen) atoms. The van der Waals surface area contributed by atoms with E-state index < -0.39 is 5.97 Å². The molecule has 4 rings (SSSR count). The summed E-state index contributed by atoms with van der Waals surface area (Å²) in [5.74, 6) is -0.186.